The van der Waals surface area contributed by atoms with Crippen molar-refractivity contribution in [2.75, 3.05) is 0 Å². The van der Waals surface area contributed by atoms with Crippen LogP contribution in [0.2, 0.25) is 0 Å². The highest BCUT2D eigenvalue weighted by Crippen LogP contribution is 2.07. The molecule has 0 fully saturated rings. The first-order chi connectivity index (χ1) is 5.93. The van der Waals surface area contributed by atoms with Crippen LogP contribution in [0, 0.1) is 0 Å². The lowest BCUT2D eigenvalue weighted by atomic mass is 10.1. The zero-order chi connectivity index (χ0) is 8.65. The number of hydrogen-bond acceptors (Lipinski definition) is 1. The molecule has 12 heavy (non-hydrogen) atoms. The molecule has 1 heterocycles. The van der Waals surface area contributed by atoms with E-state index >= 15 is 0 Å². The van der Waals surface area contributed by atoms with E-state index in [1.54, 1.807) is 6.26 Å². The summed E-state index contributed by atoms with van der Waals surface area (Å²) in [6.45, 7) is 0. The predicted molar refractivity (Wildman–Crippen MR) is 59.4 cm³/mol. The Morgan fingerprint density at radius 3 is 3.00 bits per heavy atom. The van der Waals surface area contributed by atoms with Gasteiger partial charge >= 0.3 is 0 Å². The third kappa shape index (κ3) is 3.95. The van der Waals surface area contributed by atoms with E-state index in [1.807, 2.05) is 12.1 Å². The number of unbranched alkanes of at least 4 members (excludes halogenated alkanes) is 2. The summed E-state index contributed by atoms with van der Waals surface area (Å²) in [5, 5.41) is 0. The Labute approximate surface area is 87.0 Å². The van der Waals surface area contributed by atoms with Crippen LogP contribution in [-0.4, -0.2) is 0 Å². The third-order valence-corrected chi connectivity index (χ3v) is 2.22. The second-order valence-electron chi connectivity index (χ2n) is 2.69. The topological polar surface area (TPSA) is 13.1 Å². The smallest absolute Gasteiger partial charge is 0.103 e. The quantitative estimate of drug-likeness (QED) is 0.586. The number of allylic oxidation sites excluding steroid dienone is 1. The lowest BCUT2D eigenvalue weighted by molar-refractivity contribution is 0.498. The molecule has 0 aliphatic heterocycles. The summed E-state index contributed by atoms with van der Waals surface area (Å²) in [5.41, 5.74) is 0. The minimum atomic E-state index is 1.07. The summed E-state index contributed by atoms with van der Waals surface area (Å²) in [5.74, 6) is 1.11. The predicted octanol–water partition coefficient (Wildman–Crippen LogP) is 3.94. The van der Waals surface area contributed by atoms with E-state index in [-0.39, 0.29) is 0 Å². The number of hydrogen-bond donors (Lipinski definition) is 0. The minimum Gasteiger partial charge on any atom is -0.469 e. The molecule has 0 saturated heterocycles. The van der Waals surface area contributed by atoms with E-state index in [0.717, 1.165) is 12.2 Å². The second kappa shape index (κ2) is 6.29. The molecule has 0 unspecified atom stereocenters. The van der Waals surface area contributed by atoms with Crippen LogP contribution in [0.25, 0.3) is 0 Å². The molecule has 0 amide bonds. The van der Waals surface area contributed by atoms with Crippen LogP contribution < -0.4 is 0 Å². The lowest BCUT2D eigenvalue weighted by Gasteiger charge is -1.94. The molecule has 0 bridgehead atoms. The molecule has 1 rings (SSSR count). The maximum atomic E-state index is 5.22. The van der Waals surface area contributed by atoms with Gasteiger partial charge in [0.25, 0.3) is 0 Å². The first kappa shape index (κ1) is 9.84. The Morgan fingerprint density at radius 1 is 1.42 bits per heavy atom. The highest BCUT2D eigenvalue weighted by molar-refractivity contribution is 14.1. The minimum absolute atomic E-state index is 1.07. The molecule has 0 aliphatic rings. The van der Waals surface area contributed by atoms with Crippen molar-refractivity contribution in [1.82, 2.24) is 0 Å². The van der Waals surface area contributed by atoms with E-state index in [2.05, 4.69) is 32.7 Å². The van der Waals surface area contributed by atoms with Crippen LogP contribution in [0.3, 0.4) is 0 Å². The van der Waals surface area contributed by atoms with Crippen molar-refractivity contribution < 1.29 is 4.42 Å². The normalized spacial score (nSPS) is 11.1. The van der Waals surface area contributed by atoms with Gasteiger partial charge in [-0.15, -0.1) is 0 Å². The fourth-order valence-corrected chi connectivity index (χ4v) is 1.44. The van der Waals surface area contributed by atoms with Gasteiger partial charge in [0.05, 0.1) is 6.26 Å². The van der Waals surface area contributed by atoms with Gasteiger partial charge in [0.15, 0.2) is 0 Å². The van der Waals surface area contributed by atoms with Crippen LogP contribution >= 0.6 is 22.6 Å². The molecule has 1 aromatic heterocycles. The van der Waals surface area contributed by atoms with Crippen LogP contribution in [0.1, 0.15) is 25.0 Å². The van der Waals surface area contributed by atoms with Gasteiger partial charge in [-0.05, 0) is 35.5 Å². The summed E-state index contributed by atoms with van der Waals surface area (Å²) < 4.78 is 7.29. The molecule has 1 nitrogen and oxygen atoms in total. The van der Waals surface area contributed by atoms with Crippen molar-refractivity contribution in [3.63, 3.8) is 0 Å². The van der Waals surface area contributed by atoms with Crippen molar-refractivity contribution in [2.24, 2.45) is 0 Å². The second-order valence-corrected chi connectivity index (χ2v) is 3.41. The molecule has 0 aliphatic carbocycles. The molecule has 0 atom stereocenters. The number of aryl methyl sites for hydroxylation is 1. The van der Waals surface area contributed by atoms with Crippen LogP contribution in [-0.2, 0) is 6.42 Å². The van der Waals surface area contributed by atoms with Gasteiger partial charge in [0.2, 0.25) is 0 Å². The Hall–Kier alpha value is -0.250. The van der Waals surface area contributed by atoms with Crippen LogP contribution in [0.4, 0.5) is 0 Å². The third-order valence-electron chi connectivity index (χ3n) is 1.71. The Balaban J connectivity index is 2.03. The van der Waals surface area contributed by atoms with E-state index in [1.165, 1.54) is 19.3 Å². The molecular formula is C10H13IO. The zero-order valence-corrected chi connectivity index (χ0v) is 9.16. The average molecular weight is 276 g/mol. The van der Waals surface area contributed by atoms with Crippen molar-refractivity contribution in [3.05, 3.63) is 34.3 Å². The van der Waals surface area contributed by atoms with Crippen molar-refractivity contribution in [2.45, 2.75) is 25.7 Å². The van der Waals surface area contributed by atoms with E-state index in [0.29, 0.717) is 0 Å². The fraction of sp³-hybridized carbons (Fsp3) is 0.400. The summed E-state index contributed by atoms with van der Waals surface area (Å²) in [6.07, 6.45) is 8.66. The van der Waals surface area contributed by atoms with Crippen LogP contribution in [0.15, 0.2) is 33.0 Å². The van der Waals surface area contributed by atoms with Crippen molar-refractivity contribution in [1.29, 1.82) is 0 Å². The fourth-order valence-electron chi connectivity index (χ4n) is 1.08. The van der Waals surface area contributed by atoms with E-state index < -0.39 is 0 Å². The molecule has 1 aromatic rings. The molecule has 0 radical (unpaired) electrons. The molecule has 0 N–H and O–H groups in total. The Morgan fingerprint density at radius 2 is 2.33 bits per heavy atom. The summed E-state index contributed by atoms with van der Waals surface area (Å²) in [7, 11) is 0. The van der Waals surface area contributed by atoms with Gasteiger partial charge < -0.3 is 4.42 Å². The summed E-state index contributed by atoms with van der Waals surface area (Å²) in [6, 6.07) is 3.98. The summed E-state index contributed by atoms with van der Waals surface area (Å²) >= 11 is 2.25. The van der Waals surface area contributed by atoms with Gasteiger partial charge in [0.1, 0.15) is 5.76 Å². The van der Waals surface area contributed by atoms with Crippen LogP contribution in [0.5, 0.6) is 0 Å². The van der Waals surface area contributed by atoms with Gasteiger partial charge in [-0.25, -0.2) is 0 Å². The Kier molecular flexibility index (Phi) is 5.15. The number of furan rings is 1. The van der Waals surface area contributed by atoms with E-state index in [4.69, 9.17) is 4.42 Å². The molecule has 2 heteroatoms. The molecule has 0 aromatic carbocycles. The molecule has 0 spiro atoms. The standard InChI is InChI=1S/C10H13IO/c11-8-4-2-1-3-6-10-7-5-9-12-10/h4-5,7-9H,1-3,6H2/b8-4+. The highest BCUT2D eigenvalue weighted by Gasteiger charge is 1.93. The van der Waals surface area contributed by atoms with E-state index in [9.17, 15) is 0 Å². The van der Waals surface area contributed by atoms with Gasteiger partial charge in [-0.3, -0.25) is 0 Å². The lowest BCUT2D eigenvalue weighted by Crippen LogP contribution is -1.80. The molecular weight excluding hydrogens is 263 g/mol. The van der Waals surface area contributed by atoms with Crippen molar-refractivity contribution in [3.8, 4) is 0 Å². The largest absolute Gasteiger partial charge is 0.469 e. The van der Waals surface area contributed by atoms with Gasteiger partial charge in [0, 0.05) is 6.42 Å². The first-order valence-corrected chi connectivity index (χ1v) is 5.45. The maximum Gasteiger partial charge on any atom is 0.103 e. The van der Waals surface area contributed by atoms with Gasteiger partial charge in [-0.2, -0.15) is 0 Å². The number of rotatable bonds is 5. The zero-order valence-electron chi connectivity index (χ0n) is 7.00. The molecule has 0 saturated carbocycles. The first-order valence-electron chi connectivity index (χ1n) is 4.21. The molecule has 66 valence electrons. The summed E-state index contributed by atoms with van der Waals surface area (Å²) in [4.78, 5) is 0. The number of halogens is 1. The van der Waals surface area contributed by atoms with Gasteiger partial charge in [-0.1, -0.05) is 28.7 Å². The average Bonchev–Trinajstić information content (AvgIpc) is 2.57. The monoisotopic (exact) mass is 276 g/mol. The maximum absolute atomic E-state index is 5.22. The van der Waals surface area contributed by atoms with Crippen molar-refractivity contribution >= 4 is 22.6 Å². The Bertz CT molecular complexity index is 214. The highest BCUT2D eigenvalue weighted by atomic mass is 127. The SMILES string of the molecule is I/C=C/CCCCc1ccco1.